The molecule has 0 heterocycles. The normalized spacial score (nSPS) is 10.3. The first-order chi connectivity index (χ1) is 11.5. The molecule has 0 aromatic heterocycles. The molecule has 0 radical (unpaired) electrons. The lowest BCUT2D eigenvalue weighted by Crippen LogP contribution is -2.28. The molecule has 126 valence electrons. The van der Waals surface area contributed by atoms with Crippen LogP contribution in [0.4, 0.5) is 4.39 Å². The molecular weight excluding hydrogens is 333 g/mol. The average molecular weight is 350 g/mol. The molecule has 6 heteroatoms. The second-order valence-corrected chi connectivity index (χ2v) is 5.56. The molecule has 0 aliphatic heterocycles. The number of ether oxygens (including phenoxy) is 1. The van der Waals surface area contributed by atoms with Crippen molar-refractivity contribution in [3.05, 3.63) is 70.0 Å². The minimum Gasteiger partial charge on any atom is -0.452 e. The third-order valence-corrected chi connectivity index (χ3v) is 3.70. The predicted molar refractivity (Wildman–Crippen MR) is 89.4 cm³/mol. The van der Waals surface area contributed by atoms with Gasteiger partial charge in [0.2, 0.25) is 0 Å². The van der Waals surface area contributed by atoms with Crippen LogP contribution in [0.3, 0.4) is 0 Å². The Hall–Kier alpha value is -2.40. The lowest BCUT2D eigenvalue weighted by molar-refractivity contribution is -0.124. The van der Waals surface area contributed by atoms with Crippen LogP contribution in [-0.4, -0.2) is 18.5 Å². The monoisotopic (exact) mass is 349 g/mol. The zero-order valence-corrected chi connectivity index (χ0v) is 13.9. The first-order valence-electron chi connectivity index (χ1n) is 7.46. The number of rotatable bonds is 6. The quantitative estimate of drug-likeness (QED) is 0.812. The SMILES string of the molecule is CCc1ccc(CNC(=O)COC(=O)c2ccc(F)c(Cl)c2)cc1. The van der Waals surface area contributed by atoms with Gasteiger partial charge >= 0.3 is 5.97 Å². The van der Waals surface area contributed by atoms with Crippen LogP contribution in [0.25, 0.3) is 0 Å². The molecule has 0 saturated carbocycles. The van der Waals surface area contributed by atoms with E-state index < -0.39 is 24.3 Å². The van der Waals surface area contributed by atoms with Crippen molar-refractivity contribution in [1.29, 1.82) is 0 Å². The van der Waals surface area contributed by atoms with Gasteiger partial charge in [0.25, 0.3) is 5.91 Å². The standard InChI is InChI=1S/C18H17ClFNO3/c1-2-12-3-5-13(6-4-12)10-21-17(22)11-24-18(23)14-7-8-16(20)15(19)9-14/h3-9H,2,10-11H2,1H3,(H,21,22). The Balaban J connectivity index is 1.79. The fraction of sp³-hybridized carbons (Fsp3) is 0.222. The number of benzene rings is 2. The van der Waals surface area contributed by atoms with Gasteiger partial charge < -0.3 is 10.1 Å². The van der Waals surface area contributed by atoms with Gasteiger partial charge in [-0.05, 0) is 35.7 Å². The second-order valence-electron chi connectivity index (χ2n) is 5.15. The van der Waals surface area contributed by atoms with E-state index in [4.69, 9.17) is 16.3 Å². The largest absolute Gasteiger partial charge is 0.452 e. The Morgan fingerprint density at radius 1 is 1.12 bits per heavy atom. The Morgan fingerprint density at radius 3 is 2.42 bits per heavy atom. The highest BCUT2D eigenvalue weighted by atomic mass is 35.5. The van der Waals surface area contributed by atoms with Crippen LogP contribution in [0.15, 0.2) is 42.5 Å². The van der Waals surface area contributed by atoms with Gasteiger partial charge in [0.1, 0.15) is 5.82 Å². The van der Waals surface area contributed by atoms with Gasteiger partial charge in [0.15, 0.2) is 6.61 Å². The van der Waals surface area contributed by atoms with Crippen molar-refractivity contribution in [2.75, 3.05) is 6.61 Å². The smallest absolute Gasteiger partial charge is 0.338 e. The van der Waals surface area contributed by atoms with E-state index in [1.165, 1.54) is 11.6 Å². The lowest BCUT2D eigenvalue weighted by atomic mass is 10.1. The molecule has 2 aromatic carbocycles. The number of esters is 1. The molecule has 1 N–H and O–H groups in total. The summed E-state index contributed by atoms with van der Waals surface area (Å²) in [7, 11) is 0. The number of hydrogen-bond acceptors (Lipinski definition) is 3. The van der Waals surface area contributed by atoms with Crippen LogP contribution in [0, 0.1) is 5.82 Å². The van der Waals surface area contributed by atoms with Gasteiger partial charge in [-0.3, -0.25) is 4.79 Å². The average Bonchev–Trinajstić information content (AvgIpc) is 2.60. The molecule has 4 nitrogen and oxygen atoms in total. The van der Waals surface area contributed by atoms with Crippen LogP contribution in [0.5, 0.6) is 0 Å². The molecular formula is C18H17ClFNO3. The first kappa shape index (κ1) is 17.9. The van der Waals surface area contributed by atoms with Gasteiger partial charge in [-0.25, -0.2) is 9.18 Å². The zero-order chi connectivity index (χ0) is 17.5. The van der Waals surface area contributed by atoms with Gasteiger partial charge in [-0.15, -0.1) is 0 Å². The van der Waals surface area contributed by atoms with Crippen molar-refractivity contribution in [2.45, 2.75) is 19.9 Å². The van der Waals surface area contributed by atoms with E-state index in [9.17, 15) is 14.0 Å². The number of carbonyl (C=O) groups is 2. The van der Waals surface area contributed by atoms with Crippen molar-refractivity contribution in [2.24, 2.45) is 0 Å². The molecule has 1 amide bonds. The van der Waals surface area contributed by atoms with E-state index in [2.05, 4.69) is 12.2 Å². The fourth-order valence-electron chi connectivity index (χ4n) is 1.98. The maximum Gasteiger partial charge on any atom is 0.338 e. The summed E-state index contributed by atoms with van der Waals surface area (Å²) in [6.45, 7) is 2.00. The number of amides is 1. The predicted octanol–water partition coefficient (Wildman–Crippen LogP) is 3.51. The molecule has 24 heavy (non-hydrogen) atoms. The van der Waals surface area contributed by atoms with E-state index in [1.807, 2.05) is 24.3 Å². The maximum atomic E-state index is 13.0. The molecule has 2 aromatic rings. The van der Waals surface area contributed by atoms with Crippen molar-refractivity contribution in [1.82, 2.24) is 5.32 Å². The number of aryl methyl sites for hydroxylation is 1. The van der Waals surface area contributed by atoms with E-state index in [1.54, 1.807) is 0 Å². The molecule has 0 spiro atoms. The minimum atomic E-state index is -0.737. The highest BCUT2D eigenvalue weighted by Gasteiger charge is 2.12. The molecule has 0 fully saturated rings. The molecule has 0 bridgehead atoms. The molecule has 0 aliphatic rings. The second kappa shape index (κ2) is 8.45. The Kier molecular flexibility index (Phi) is 6.32. The molecule has 0 unspecified atom stereocenters. The van der Waals surface area contributed by atoms with Crippen LogP contribution >= 0.6 is 11.6 Å². The van der Waals surface area contributed by atoms with E-state index in [-0.39, 0.29) is 10.6 Å². The zero-order valence-electron chi connectivity index (χ0n) is 13.1. The Morgan fingerprint density at radius 2 is 1.79 bits per heavy atom. The van der Waals surface area contributed by atoms with Crippen LogP contribution < -0.4 is 5.32 Å². The summed E-state index contributed by atoms with van der Waals surface area (Å²) in [6, 6.07) is 11.3. The Labute approximate surface area is 144 Å². The van der Waals surface area contributed by atoms with Crippen molar-refractivity contribution in [3.63, 3.8) is 0 Å². The Bertz CT molecular complexity index is 732. The highest BCUT2D eigenvalue weighted by molar-refractivity contribution is 6.31. The van der Waals surface area contributed by atoms with Gasteiger partial charge in [-0.1, -0.05) is 42.8 Å². The summed E-state index contributed by atoms with van der Waals surface area (Å²) in [5.41, 5.74) is 2.26. The number of hydrogen-bond donors (Lipinski definition) is 1. The maximum absolute atomic E-state index is 13.0. The number of carbonyl (C=O) groups excluding carboxylic acids is 2. The highest BCUT2D eigenvalue weighted by Crippen LogP contribution is 2.16. The summed E-state index contributed by atoms with van der Waals surface area (Å²) < 4.78 is 17.9. The number of halogens is 2. The summed E-state index contributed by atoms with van der Waals surface area (Å²) >= 11 is 5.60. The van der Waals surface area contributed by atoms with Gasteiger partial charge in [0, 0.05) is 6.54 Å². The van der Waals surface area contributed by atoms with Crippen molar-refractivity contribution >= 4 is 23.5 Å². The minimum absolute atomic E-state index is 0.0874. The summed E-state index contributed by atoms with van der Waals surface area (Å²) in [6.07, 6.45) is 0.954. The first-order valence-corrected chi connectivity index (χ1v) is 7.84. The van der Waals surface area contributed by atoms with E-state index >= 15 is 0 Å². The van der Waals surface area contributed by atoms with Crippen molar-refractivity contribution < 1.29 is 18.7 Å². The molecule has 2 rings (SSSR count). The summed E-state index contributed by atoms with van der Waals surface area (Å²) in [5.74, 6) is -1.78. The molecule has 0 saturated heterocycles. The van der Waals surface area contributed by atoms with E-state index in [0.717, 1.165) is 24.1 Å². The third-order valence-electron chi connectivity index (χ3n) is 3.41. The molecule has 0 aliphatic carbocycles. The van der Waals surface area contributed by atoms with Crippen LogP contribution in [-0.2, 0) is 22.5 Å². The lowest BCUT2D eigenvalue weighted by Gasteiger charge is -2.07. The van der Waals surface area contributed by atoms with Crippen LogP contribution in [0.1, 0.15) is 28.4 Å². The molecule has 0 atom stereocenters. The summed E-state index contributed by atoms with van der Waals surface area (Å²) in [4.78, 5) is 23.5. The number of nitrogens with one attached hydrogen (secondary N) is 1. The van der Waals surface area contributed by atoms with Gasteiger partial charge in [-0.2, -0.15) is 0 Å². The van der Waals surface area contributed by atoms with Gasteiger partial charge in [0.05, 0.1) is 10.6 Å². The topological polar surface area (TPSA) is 55.4 Å². The summed E-state index contributed by atoms with van der Waals surface area (Å²) in [5, 5.41) is 2.49. The third kappa shape index (κ3) is 5.06. The fourth-order valence-corrected chi connectivity index (χ4v) is 2.16. The van der Waals surface area contributed by atoms with Crippen LogP contribution in [0.2, 0.25) is 5.02 Å². The van der Waals surface area contributed by atoms with Crippen molar-refractivity contribution in [3.8, 4) is 0 Å². The van der Waals surface area contributed by atoms with E-state index in [0.29, 0.717) is 6.54 Å².